The molecule has 21 heavy (non-hydrogen) atoms. The third-order valence-corrected chi connectivity index (χ3v) is 3.54. The Kier molecular flexibility index (Phi) is 5.17. The summed E-state index contributed by atoms with van der Waals surface area (Å²) in [6.07, 6.45) is 4.69. The van der Waals surface area contributed by atoms with Crippen molar-refractivity contribution in [1.29, 1.82) is 0 Å². The number of aryl methyl sites for hydroxylation is 1. The summed E-state index contributed by atoms with van der Waals surface area (Å²) >= 11 is -0.110. The second kappa shape index (κ2) is 6.89. The minimum Gasteiger partial charge on any atom is -0.378 e. The van der Waals surface area contributed by atoms with Crippen LogP contribution in [0.4, 0.5) is 18.9 Å². The molecule has 1 N–H and O–H groups in total. The van der Waals surface area contributed by atoms with Gasteiger partial charge in [0.25, 0.3) is 0 Å². The first-order valence-electron chi connectivity index (χ1n) is 6.57. The maximum Gasteiger partial charge on any atom is 0.446 e. The van der Waals surface area contributed by atoms with Crippen molar-refractivity contribution in [3.05, 3.63) is 42.5 Å². The lowest BCUT2D eigenvalue weighted by Gasteiger charge is -2.10. The lowest BCUT2D eigenvalue weighted by molar-refractivity contribution is -0.0328. The third-order valence-electron chi connectivity index (χ3n) is 2.80. The van der Waals surface area contributed by atoms with Gasteiger partial charge in [0, 0.05) is 29.5 Å². The van der Waals surface area contributed by atoms with Crippen LogP contribution in [0.25, 0.3) is 0 Å². The Balaban J connectivity index is 1.93. The molecular formula is C14H16F3N3S. The first-order chi connectivity index (χ1) is 9.98. The number of hydrogen-bond acceptors (Lipinski definition) is 3. The van der Waals surface area contributed by atoms with E-state index in [0.717, 1.165) is 24.5 Å². The molecule has 0 atom stereocenters. The lowest BCUT2D eigenvalue weighted by atomic mass is 10.3. The Hall–Kier alpha value is -1.63. The van der Waals surface area contributed by atoms with E-state index in [9.17, 15) is 13.2 Å². The molecule has 7 heteroatoms. The summed E-state index contributed by atoms with van der Waals surface area (Å²) in [6.45, 7) is 3.53. The fraction of sp³-hybridized carbons (Fsp3) is 0.357. The van der Waals surface area contributed by atoms with Crippen LogP contribution in [-0.2, 0) is 13.1 Å². The van der Waals surface area contributed by atoms with Crippen LogP contribution < -0.4 is 5.32 Å². The second-order valence-electron chi connectivity index (χ2n) is 4.46. The van der Waals surface area contributed by atoms with Crippen LogP contribution >= 0.6 is 11.8 Å². The van der Waals surface area contributed by atoms with Crippen molar-refractivity contribution in [3.8, 4) is 0 Å². The average Bonchev–Trinajstić information content (AvgIpc) is 2.84. The van der Waals surface area contributed by atoms with Crippen LogP contribution in [0.2, 0.25) is 0 Å². The number of benzene rings is 1. The highest BCUT2D eigenvalue weighted by molar-refractivity contribution is 8.00. The molecule has 0 aliphatic carbocycles. The van der Waals surface area contributed by atoms with E-state index in [0.29, 0.717) is 6.54 Å². The van der Waals surface area contributed by atoms with Crippen molar-refractivity contribution in [2.75, 3.05) is 5.32 Å². The Bertz CT molecular complexity index is 564. The molecule has 0 spiro atoms. The summed E-state index contributed by atoms with van der Waals surface area (Å²) in [6, 6.07) is 6.19. The zero-order chi connectivity index (χ0) is 15.3. The SMILES string of the molecule is CCCn1ccnc1CNc1ccc(SC(F)(F)F)cc1. The monoisotopic (exact) mass is 315 g/mol. The van der Waals surface area contributed by atoms with Gasteiger partial charge >= 0.3 is 5.51 Å². The Morgan fingerprint density at radius 3 is 2.57 bits per heavy atom. The van der Waals surface area contributed by atoms with Gasteiger partial charge in [-0.15, -0.1) is 0 Å². The number of hydrogen-bond donors (Lipinski definition) is 1. The smallest absolute Gasteiger partial charge is 0.378 e. The molecule has 0 fully saturated rings. The predicted octanol–water partition coefficient (Wildman–Crippen LogP) is 4.52. The number of aromatic nitrogens is 2. The number of halogens is 3. The molecule has 0 amide bonds. The maximum absolute atomic E-state index is 12.2. The molecule has 0 saturated heterocycles. The van der Waals surface area contributed by atoms with Crippen LogP contribution in [0.15, 0.2) is 41.6 Å². The molecule has 1 aromatic carbocycles. The highest BCUT2D eigenvalue weighted by atomic mass is 32.2. The van der Waals surface area contributed by atoms with Gasteiger partial charge in [-0.2, -0.15) is 13.2 Å². The van der Waals surface area contributed by atoms with Gasteiger partial charge in [0.05, 0.1) is 6.54 Å². The molecule has 0 aliphatic heterocycles. The summed E-state index contributed by atoms with van der Waals surface area (Å²) < 4.78 is 38.7. The number of imidazole rings is 1. The van der Waals surface area contributed by atoms with Crippen molar-refractivity contribution < 1.29 is 13.2 Å². The fourth-order valence-electron chi connectivity index (χ4n) is 1.91. The van der Waals surface area contributed by atoms with Gasteiger partial charge in [-0.3, -0.25) is 0 Å². The average molecular weight is 315 g/mol. The summed E-state index contributed by atoms with van der Waals surface area (Å²) in [4.78, 5) is 4.44. The van der Waals surface area contributed by atoms with Crippen molar-refractivity contribution in [2.45, 2.75) is 36.8 Å². The van der Waals surface area contributed by atoms with E-state index in [1.807, 2.05) is 6.20 Å². The second-order valence-corrected chi connectivity index (χ2v) is 5.60. The minimum absolute atomic E-state index is 0.110. The molecule has 0 bridgehead atoms. The lowest BCUT2D eigenvalue weighted by Crippen LogP contribution is -2.08. The number of anilines is 1. The molecule has 2 rings (SSSR count). The molecule has 0 saturated carbocycles. The predicted molar refractivity (Wildman–Crippen MR) is 78.2 cm³/mol. The van der Waals surface area contributed by atoms with E-state index in [1.165, 1.54) is 12.1 Å². The largest absolute Gasteiger partial charge is 0.446 e. The molecule has 1 aromatic heterocycles. The molecule has 0 radical (unpaired) electrons. The van der Waals surface area contributed by atoms with Crippen molar-refractivity contribution in [1.82, 2.24) is 9.55 Å². The molecule has 1 heterocycles. The van der Waals surface area contributed by atoms with Gasteiger partial charge < -0.3 is 9.88 Å². The van der Waals surface area contributed by atoms with Crippen LogP contribution in [0.3, 0.4) is 0 Å². The molecule has 0 aliphatic rings. The molecule has 2 aromatic rings. The number of rotatable bonds is 6. The van der Waals surface area contributed by atoms with Crippen LogP contribution in [0.5, 0.6) is 0 Å². The van der Waals surface area contributed by atoms with Crippen molar-refractivity contribution >= 4 is 17.4 Å². The quantitative estimate of drug-likeness (QED) is 0.795. The van der Waals surface area contributed by atoms with E-state index in [2.05, 4.69) is 21.8 Å². The van der Waals surface area contributed by atoms with Crippen LogP contribution in [0, 0.1) is 0 Å². The summed E-state index contributed by atoms with van der Waals surface area (Å²) in [5.41, 5.74) is -3.48. The number of nitrogens with zero attached hydrogens (tertiary/aromatic N) is 2. The van der Waals surface area contributed by atoms with E-state index in [4.69, 9.17) is 0 Å². The Morgan fingerprint density at radius 2 is 1.95 bits per heavy atom. The molecule has 3 nitrogen and oxygen atoms in total. The molecule has 0 unspecified atom stereocenters. The number of nitrogens with one attached hydrogen (secondary N) is 1. The topological polar surface area (TPSA) is 29.9 Å². The van der Waals surface area contributed by atoms with E-state index in [1.54, 1.807) is 18.3 Å². The van der Waals surface area contributed by atoms with Gasteiger partial charge in [0.2, 0.25) is 0 Å². The highest BCUT2D eigenvalue weighted by Crippen LogP contribution is 2.37. The zero-order valence-corrected chi connectivity index (χ0v) is 12.3. The zero-order valence-electron chi connectivity index (χ0n) is 11.5. The maximum atomic E-state index is 12.2. The van der Waals surface area contributed by atoms with Crippen LogP contribution in [0.1, 0.15) is 19.2 Å². The van der Waals surface area contributed by atoms with Gasteiger partial charge in [-0.25, -0.2) is 4.98 Å². The first kappa shape index (κ1) is 15.8. The van der Waals surface area contributed by atoms with Gasteiger partial charge in [0.1, 0.15) is 5.82 Å². The standard InChI is InChI=1S/C14H16F3N3S/c1-2-8-20-9-7-18-13(20)10-19-11-3-5-12(6-4-11)21-14(15,16)17/h3-7,9,19H,2,8,10H2,1H3. The summed E-state index contributed by atoms with van der Waals surface area (Å²) in [5, 5.41) is 3.16. The van der Waals surface area contributed by atoms with E-state index >= 15 is 0 Å². The number of alkyl halides is 3. The minimum atomic E-state index is -4.25. The summed E-state index contributed by atoms with van der Waals surface area (Å²) in [7, 11) is 0. The normalized spacial score (nSPS) is 11.6. The highest BCUT2D eigenvalue weighted by Gasteiger charge is 2.28. The van der Waals surface area contributed by atoms with Gasteiger partial charge in [-0.05, 0) is 42.4 Å². The number of thioether (sulfide) groups is 1. The van der Waals surface area contributed by atoms with Crippen molar-refractivity contribution in [3.63, 3.8) is 0 Å². The fourth-order valence-corrected chi connectivity index (χ4v) is 2.45. The molecule has 114 valence electrons. The first-order valence-corrected chi connectivity index (χ1v) is 7.39. The Morgan fingerprint density at radius 1 is 1.24 bits per heavy atom. The third kappa shape index (κ3) is 5.00. The Labute approximate surface area is 125 Å². The van der Waals surface area contributed by atoms with Gasteiger partial charge in [-0.1, -0.05) is 6.92 Å². The van der Waals surface area contributed by atoms with Crippen LogP contribution in [-0.4, -0.2) is 15.1 Å². The van der Waals surface area contributed by atoms with Crippen molar-refractivity contribution in [2.24, 2.45) is 0 Å². The molecular weight excluding hydrogens is 299 g/mol. The van der Waals surface area contributed by atoms with E-state index in [-0.39, 0.29) is 16.7 Å². The van der Waals surface area contributed by atoms with E-state index < -0.39 is 5.51 Å². The summed E-state index contributed by atoms with van der Waals surface area (Å²) in [5.74, 6) is 0.908. The van der Waals surface area contributed by atoms with Gasteiger partial charge in [0.15, 0.2) is 0 Å².